The van der Waals surface area contributed by atoms with Crippen LogP contribution in [0.25, 0.3) is 0 Å². The highest BCUT2D eigenvalue weighted by molar-refractivity contribution is 6.17. The van der Waals surface area contributed by atoms with E-state index in [9.17, 15) is 0 Å². The maximum atomic E-state index is 5.70. The molecule has 0 spiro atoms. The minimum atomic E-state index is 0.428. The molecule has 70 valence electrons. The van der Waals surface area contributed by atoms with Crippen molar-refractivity contribution in [1.29, 1.82) is 0 Å². The topological polar surface area (TPSA) is 22.1 Å². The summed E-state index contributed by atoms with van der Waals surface area (Å²) >= 11 is 5.70. The van der Waals surface area contributed by atoms with Crippen molar-refractivity contribution >= 4 is 11.6 Å². The van der Waals surface area contributed by atoms with Crippen molar-refractivity contribution in [3.05, 3.63) is 36.5 Å². The minimum absolute atomic E-state index is 0.428. The molecule has 3 heteroatoms. The second-order valence-corrected chi connectivity index (χ2v) is 2.79. The van der Waals surface area contributed by atoms with Gasteiger partial charge in [-0.1, -0.05) is 12.1 Å². The van der Waals surface area contributed by atoms with Crippen molar-refractivity contribution in [1.82, 2.24) is 4.98 Å². The lowest BCUT2D eigenvalue weighted by molar-refractivity contribution is 0.310. The second kappa shape index (κ2) is 5.60. The molecule has 1 rings (SSSR count). The molecule has 0 radical (unpaired) electrons. The molecule has 13 heavy (non-hydrogen) atoms. The Kier molecular flexibility index (Phi) is 4.33. The highest BCUT2D eigenvalue weighted by Crippen LogP contribution is 2.16. The summed E-state index contributed by atoms with van der Waals surface area (Å²) in [6.45, 7) is 4.21. The van der Waals surface area contributed by atoms with E-state index in [4.69, 9.17) is 16.3 Å². The quantitative estimate of drug-likeness (QED) is 0.412. The van der Waals surface area contributed by atoms with Gasteiger partial charge in [0.2, 0.25) is 5.88 Å². The SMILES string of the molecule is C=CCCOc1ncccc1CCl. The Bertz CT molecular complexity index is 275. The Morgan fingerprint density at radius 3 is 3.15 bits per heavy atom. The molecule has 0 saturated heterocycles. The smallest absolute Gasteiger partial charge is 0.217 e. The molecule has 1 aromatic rings. The van der Waals surface area contributed by atoms with E-state index in [1.165, 1.54) is 0 Å². The van der Waals surface area contributed by atoms with Crippen LogP contribution in [-0.2, 0) is 5.88 Å². The highest BCUT2D eigenvalue weighted by atomic mass is 35.5. The normalized spacial score (nSPS) is 9.62. The number of ether oxygens (including phenoxy) is 1. The molecule has 0 fully saturated rings. The maximum Gasteiger partial charge on any atom is 0.217 e. The first-order chi connectivity index (χ1) is 6.38. The van der Waals surface area contributed by atoms with E-state index >= 15 is 0 Å². The van der Waals surface area contributed by atoms with Crippen LogP contribution in [0.1, 0.15) is 12.0 Å². The van der Waals surface area contributed by atoms with Gasteiger partial charge in [-0.15, -0.1) is 18.2 Å². The molecule has 2 nitrogen and oxygen atoms in total. The van der Waals surface area contributed by atoms with E-state index in [1.807, 2.05) is 18.2 Å². The van der Waals surface area contributed by atoms with Gasteiger partial charge in [-0.05, 0) is 12.5 Å². The average Bonchev–Trinajstić information content (AvgIpc) is 2.19. The van der Waals surface area contributed by atoms with Gasteiger partial charge in [0.05, 0.1) is 12.5 Å². The third-order valence-corrected chi connectivity index (χ3v) is 1.84. The predicted molar refractivity (Wildman–Crippen MR) is 54.1 cm³/mol. The van der Waals surface area contributed by atoms with E-state index in [2.05, 4.69) is 11.6 Å². The number of halogens is 1. The number of rotatable bonds is 5. The average molecular weight is 198 g/mol. The molecular weight excluding hydrogens is 186 g/mol. The van der Waals surface area contributed by atoms with Gasteiger partial charge in [-0.3, -0.25) is 0 Å². The summed E-state index contributed by atoms with van der Waals surface area (Å²) < 4.78 is 5.40. The zero-order chi connectivity index (χ0) is 9.52. The first-order valence-electron chi connectivity index (χ1n) is 4.12. The van der Waals surface area contributed by atoms with Crippen molar-refractivity contribution in [2.45, 2.75) is 12.3 Å². The fraction of sp³-hybridized carbons (Fsp3) is 0.300. The Labute approximate surface area is 83.2 Å². The molecule has 1 aromatic heterocycles. The fourth-order valence-corrected chi connectivity index (χ4v) is 1.10. The lowest BCUT2D eigenvalue weighted by atomic mass is 10.3. The number of hydrogen-bond donors (Lipinski definition) is 0. The van der Waals surface area contributed by atoms with Crippen LogP contribution in [0.3, 0.4) is 0 Å². The van der Waals surface area contributed by atoms with Gasteiger partial charge in [0, 0.05) is 11.8 Å². The standard InChI is InChI=1S/C10H12ClNO/c1-2-3-7-13-10-9(8-11)5-4-6-12-10/h2,4-6H,1,3,7-8H2. The first-order valence-corrected chi connectivity index (χ1v) is 4.65. The summed E-state index contributed by atoms with van der Waals surface area (Å²) in [5, 5.41) is 0. The van der Waals surface area contributed by atoms with Gasteiger partial charge in [-0.25, -0.2) is 4.98 Å². The van der Waals surface area contributed by atoms with Crippen molar-refractivity contribution in [3.63, 3.8) is 0 Å². The molecule has 0 unspecified atom stereocenters. The molecule has 0 saturated carbocycles. The zero-order valence-corrected chi connectivity index (χ0v) is 8.13. The minimum Gasteiger partial charge on any atom is -0.477 e. The lowest BCUT2D eigenvalue weighted by Crippen LogP contribution is -2.00. The van der Waals surface area contributed by atoms with Gasteiger partial charge in [-0.2, -0.15) is 0 Å². The summed E-state index contributed by atoms with van der Waals surface area (Å²) in [7, 11) is 0. The summed E-state index contributed by atoms with van der Waals surface area (Å²) in [6, 6.07) is 3.75. The molecule has 0 aromatic carbocycles. The van der Waals surface area contributed by atoms with E-state index in [1.54, 1.807) is 6.20 Å². The molecule has 0 bridgehead atoms. The van der Waals surface area contributed by atoms with Gasteiger partial charge >= 0.3 is 0 Å². The van der Waals surface area contributed by atoms with Crippen molar-refractivity contribution in [2.24, 2.45) is 0 Å². The van der Waals surface area contributed by atoms with Crippen LogP contribution in [-0.4, -0.2) is 11.6 Å². The summed E-state index contributed by atoms with van der Waals surface area (Å²) in [5.74, 6) is 1.05. The van der Waals surface area contributed by atoms with Gasteiger partial charge in [0.1, 0.15) is 0 Å². The van der Waals surface area contributed by atoms with E-state index in [-0.39, 0.29) is 0 Å². The van der Waals surface area contributed by atoms with Gasteiger partial charge < -0.3 is 4.74 Å². The van der Waals surface area contributed by atoms with Crippen molar-refractivity contribution in [2.75, 3.05) is 6.61 Å². The third-order valence-electron chi connectivity index (χ3n) is 1.55. The van der Waals surface area contributed by atoms with Crippen LogP contribution < -0.4 is 4.74 Å². The summed E-state index contributed by atoms with van der Waals surface area (Å²) in [4.78, 5) is 4.08. The highest BCUT2D eigenvalue weighted by Gasteiger charge is 2.01. The first kappa shape index (κ1) is 10.1. The van der Waals surface area contributed by atoms with Gasteiger partial charge in [0.15, 0.2) is 0 Å². The van der Waals surface area contributed by atoms with E-state index < -0.39 is 0 Å². The monoisotopic (exact) mass is 197 g/mol. The van der Waals surface area contributed by atoms with E-state index in [0.717, 1.165) is 12.0 Å². The summed E-state index contributed by atoms with van der Waals surface area (Å²) in [6.07, 6.45) is 4.32. The number of hydrogen-bond acceptors (Lipinski definition) is 2. The Morgan fingerprint density at radius 2 is 2.46 bits per heavy atom. The van der Waals surface area contributed by atoms with Crippen LogP contribution in [0.5, 0.6) is 5.88 Å². The summed E-state index contributed by atoms with van der Waals surface area (Å²) in [5.41, 5.74) is 0.924. The van der Waals surface area contributed by atoms with Crippen molar-refractivity contribution < 1.29 is 4.74 Å². The molecule has 0 aliphatic heterocycles. The maximum absolute atomic E-state index is 5.70. The van der Waals surface area contributed by atoms with Crippen molar-refractivity contribution in [3.8, 4) is 5.88 Å². The third kappa shape index (κ3) is 3.07. The van der Waals surface area contributed by atoms with Crippen LogP contribution in [0, 0.1) is 0 Å². The van der Waals surface area contributed by atoms with Crippen LogP contribution in [0.4, 0.5) is 0 Å². The number of aromatic nitrogens is 1. The van der Waals surface area contributed by atoms with E-state index in [0.29, 0.717) is 18.4 Å². The molecule has 0 atom stereocenters. The number of pyridine rings is 1. The molecular formula is C10H12ClNO. The Morgan fingerprint density at radius 1 is 1.62 bits per heavy atom. The van der Waals surface area contributed by atoms with Crippen LogP contribution in [0.15, 0.2) is 31.0 Å². The second-order valence-electron chi connectivity index (χ2n) is 2.53. The number of nitrogens with zero attached hydrogens (tertiary/aromatic N) is 1. The molecule has 0 N–H and O–H groups in total. The number of alkyl halides is 1. The Balaban J connectivity index is 2.58. The lowest BCUT2D eigenvalue weighted by Gasteiger charge is -2.06. The van der Waals surface area contributed by atoms with Crippen LogP contribution >= 0.6 is 11.6 Å². The largest absolute Gasteiger partial charge is 0.477 e. The Hall–Kier alpha value is -1.02. The molecule has 1 heterocycles. The molecule has 0 aliphatic rings. The zero-order valence-electron chi connectivity index (χ0n) is 7.37. The fourth-order valence-electron chi connectivity index (χ4n) is 0.895. The molecule has 0 amide bonds. The predicted octanol–water partition coefficient (Wildman–Crippen LogP) is 2.78. The van der Waals surface area contributed by atoms with Crippen LogP contribution in [0.2, 0.25) is 0 Å². The van der Waals surface area contributed by atoms with Gasteiger partial charge in [0.25, 0.3) is 0 Å². The molecule has 0 aliphatic carbocycles.